The Morgan fingerprint density at radius 1 is 1.53 bits per heavy atom. The number of aromatic nitrogens is 2. The summed E-state index contributed by atoms with van der Waals surface area (Å²) in [5.74, 6) is 0.880. The molecule has 1 aromatic rings. The minimum atomic E-state index is 0.352. The third-order valence-electron chi connectivity index (χ3n) is 3.32. The summed E-state index contributed by atoms with van der Waals surface area (Å²) < 4.78 is 2.05. The van der Waals surface area contributed by atoms with Crippen molar-refractivity contribution < 1.29 is 0 Å². The van der Waals surface area contributed by atoms with Crippen LogP contribution in [0.25, 0.3) is 0 Å². The molecule has 1 aliphatic rings. The molecule has 3 nitrogen and oxygen atoms in total. The average Bonchev–Trinajstić information content (AvgIpc) is 2.99. The van der Waals surface area contributed by atoms with Crippen molar-refractivity contribution in [3.8, 4) is 0 Å². The molecule has 0 aromatic carbocycles. The van der Waals surface area contributed by atoms with Gasteiger partial charge in [0.15, 0.2) is 0 Å². The summed E-state index contributed by atoms with van der Waals surface area (Å²) in [4.78, 5) is 0. The van der Waals surface area contributed by atoms with E-state index in [9.17, 15) is 0 Å². The molecular formula is C13H22ClN3. The first kappa shape index (κ1) is 12.9. The van der Waals surface area contributed by atoms with Gasteiger partial charge in [-0.2, -0.15) is 5.10 Å². The zero-order valence-electron chi connectivity index (χ0n) is 10.9. The summed E-state index contributed by atoms with van der Waals surface area (Å²) in [6, 6.07) is 0.711. The monoisotopic (exact) mass is 255 g/mol. The Labute approximate surface area is 109 Å². The molecule has 1 saturated carbocycles. The molecule has 4 heteroatoms. The lowest BCUT2D eigenvalue weighted by atomic mass is 10.1. The Bertz CT molecular complexity index is 369. The van der Waals surface area contributed by atoms with Gasteiger partial charge < -0.3 is 5.32 Å². The molecule has 1 N–H and O–H groups in total. The first-order valence-electron chi connectivity index (χ1n) is 6.59. The standard InChI is InChI=1S/C13H22ClN3/c1-4-15-12(7-10-5-6-10)13-11(14)8-16-17(13)9(2)3/h8-10,12,15H,4-7H2,1-3H3. The van der Waals surface area contributed by atoms with Crippen molar-refractivity contribution in [1.29, 1.82) is 0 Å². The lowest BCUT2D eigenvalue weighted by Crippen LogP contribution is -2.25. The largest absolute Gasteiger partial charge is 0.309 e. The van der Waals surface area contributed by atoms with Gasteiger partial charge in [0.05, 0.1) is 23.0 Å². The zero-order valence-corrected chi connectivity index (χ0v) is 11.7. The Kier molecular flexibility index (Phi) is 4.10. The van der Waals surface area contributed by atoms with Crippen LogP contribution in [0, 0.1) is 5.92 Å². The lowest BCUT2D eigenvalue weighted by Gasteiger charge is -2.21. The van der Waals surface area contributed by atoms with Crippen LogP contribution >= 0.6 is 11.6 Å². The molecule has 0 amide bonds. The third-order valence-corrected chi connectivity index (χ3v) is 3.61. The normalized spacial score (nSPS) is 17.7. The van der Waals surface area contributed by atoms with Crippen LogP contribution in [0.4, 0.5) is 0 Å². The van der Waals surface area contributed by atoms with Crippen LogP contribution in [0.5, 0.6) is 0 Å². The van der Waals surface area contributed by atoms with Crippen LogP contribution in [-0.4, -0.2) is 16.3 Å². The van der Waals surface area contributed by atoms with Gasteiger partial charge in [-0.05, 0) is 32.7 Å². The average molecular weight is 256 g/mol. The smallest absolute Gasteiger partial charge is 0.0834 e. The summed E-state index contributed by atoms with van der Waals surface area (Å²) >= 11 is 6.30. The molecule has 1 fully saturated rings. The van der Waals surface area contributed by atoms with Gasteiger partial charge in [0.1, 0.15) is 0 Å². The van der Waals surface area contributed by atoms with E-state index in [1.165, 1.54) is 19.3 Å². The van der Waals surface area contributed by atoms with Crippen molar-refractivity contribution >= 4 is 11.6 Å². The summed E-state index contributed by atoms with van der Waals surface area (Å²) in [6.07, 6.45) is 5.70. The van der Waals surface area contributed by atoms with E-state index in [1.54, 1.807) is 6.20 Å². The Hall–Kier alpha value is -0.540. The number of hydrogen-bond donors (Lipinski definition) is 1. The van der Waals surface area contributed by atoms with E-state index >= 15 is 0 Å². The summed E-state index contributed by atoms with van der Waals surface area (Å²) in [5.41, 5.74) is 1.16. The van der Waals surface area contributed by atoms with Gasteiger partial charge in [0.2, 0.25) is 0 Å². The number of rotatable bonds is 6. The molecule has 1 aliphatic carbocycles. The predicted molar refractivity (Wildman–Crippen MR) is 71.4 cm³/mol. The van der Waals surface area contributed by atoms with Gasteiger partial charge in [-0.25, -0.2) is 0 Å². The molecule has 96 valence electrons. The van der Waals surface area contributed by atoms with Crippen molar-refractivity contribution in [2.24, 2.45) is 5.92 Å². The number of halogens is 1. The van der Waals surface area contributed by atoms with Crippen LogP contribution in [-0.2, 0) is 0 Å². The first-order chi connectivity index (χ1) is 8.13. The number of hydrogen-bond acceptors (Lipinski definition) is 2. The SMILES string of the molecule is CCNC(CC1CC1)c1c(Cl)cnn1C(C)C. The van der Waals surface area contributed by atoms with E-state index in [-0.39, 0.29) is 0 Å². The summed E-state index contributed by atoms with van der Waals surface area (Å²) in [6.45, 7) is 7.40. The van der Waals surface area contributed by atoms with Gasteiger partial charge in [0, 0.05) is 6.04 Å². The number of nitrogens with one attached hydrogen (secondary N) is 1. The van der Waals surface area contributed by atoms with Gasteiger partial charge >= 0.3 is 0 Å². The third kappa shape index (κ3) is 3.02. The highest BCUT2D eigenvalue weighted by molar-refractivity contribution is 6.31. The maximum absolute atomic E-state index is 6.30. The highest BCUT2D eigenvalue weighted by Crippen LogP contribution is 2.39. The fourth-order valence-corrected chi connectivity index (χ4v) is 2.58. The highest BCUT2D eigenvalue weighted by Gasteiger charge is 2.29. The van der Waals surface area contributed by atoms with Crippen molar-refractivity contribution in [2.75, 3.05) is 6.54 Å². The summed E-state index contributed by atoms with van der Waals surface area (Å²) in [7, 11) is 0. The molecule has 0 bridgehead atoms. The second-order valence-electron chi connectivity index (χ2n) is 5.21. The van der Waals surface area contributed by atoms with E-state index in [0.29, 0.717) is 12.1 Å². The van der Waals surface area contributed by atoms with Crippen LogP contribution < -0.4 is 5.32 Å². The molecule has 2 rings (SSSR count). The zero-order chi connectivity index (χ0) is 12.4. The Morgan fingerprint density at radius 2 is 2.24 bits per heavy atom. The Morgan fingerprint density at radius 3 is 2.76 bits per heavy atom. The molecule has 0 radical (unpaired) electrons. The molecule has 0 spiro atoms. The van der Waals surface area contributed by atoms with Crippen LogP contribution in [0.3, 0.4) is 0 Å². The van der Waals surface area contributed by atoms with Crippen molar-refractivity contribution in [3.63, 3.8) is 0 Å². The van der Waals surface area contributed by atoms with E-state index in [1.807, 2.05) is 0 Å². The molecule has 1 atom stereocenters. The quantitative estimate of drug-likeness (QED) is 0.842. The van der Waals surface area contributed by atoms with Crippen molar-refractivity contribution in [2.45, 2.75) is 52.1 Å². The van der Waals surface area contributed by atoms with Gasteiger partial charge in [-0.1, -0.05) is 31.4 Å². The number of nitrogens with zero attached hydrogens (tertiary/aromatic N) is 2. The van der Waals surface area contributed by atoms with Crippen molar-refractivity contribution in [1.82, 2.24) is 15.1 Å². The maximum atomic E-state index is 6.30. The summed E-state index contributed by atoms with van der Waals surface area (Å²) in [5, 5.41) is 8.73. The molecule has 17 heavy (non-hydrogen) atoms. The second kappa shape index (κ2) is 5.40. The first-order valence-corrected chi connectivity index (χ1v) is 6.97. The molecular weight excluding hydrogens is 234 g/mol. The van der Waals surface area contributed by atoms with Crippen LogP contribution in [0.2, 0.25) is 5.02 Å². The molecule has 1 aromatic heterocycles. The molecule has 1 unspecified atom stereocenters. The van der Waals surface area contributed by atoms with Gasteiger partial charge in [-0.15, -0.1) is 0 Å². The predicted octanol–water partition coefficient (Wildman–Crippen LogP) is 3.57. The highest BCUT2D eigenvalue weighted by atomic mass is 35.5. The van der Waals surface area contributed by atoms with Crippen LogP contribution in [0.15, 0.2) is 6.20 Å². The minimum absolute atomic E-state index is 0.352. The van der Waals surface area contributed by atoms with E-state index < -0.39 is 0 Å². The van der Waals surface area contributed by atoms with Gasteiger partial charge in [0.25, 0.3) is 0 Å². The minimum Gasteiger partial charge on any atom is -0.309 e. The molecule has 1 heterocycles. The van der Waals surface area contributed by atoms with Crippen molar-refractivity contribution in [3.05, 3.63) is 16.9 Å². The van der Waals surface area contributed by atoms with E-state index in [4.69, 9.17) is 11.6 Å². The lowest BCUT2D eigenvalue weighted by molar-refractivity contribution is 0.420. The second-order valence-corrected chi connectivity index (χ2v) is 5.61. The fraction of sp³-hybridized carbons (Fsp3) is 0.769. The maximum Gasteiger partial charge on any atom is 0.0834 e. The van der Waals surface area contributed by atoms with Gasteiger partial charge in [-0.3, -0.25) is 4.68 Å². The topological polar surface area (TPSA) is 29.9 Å². The Balaban J connectivity index is 2.22. The fourth-order valence-electron chi connectivity index (χ4n) is 2.31. The van der Waals surface area contributed by atoms with E-state index in [2.05, 4.69) is 35.9 Å². The molecule has 0 aliphatic heterocycles. The van der Waals surface area contributed by atoms with E-state index in [0.717, 1.165) is 23.2 Å². The molecule has 0 saturated heterocycles. The van der Waals surface area contributed by atoms with Crippen LogP contribution in [0.1, 0.15) is 57.8 Å².